The minimum absolute atomic E-state index is 0.0546. The number of hydrogen-bond acceptors (Lipinski definition) is 2. The normalized spacial score (nSPS) is 17.9. The molecule has 1 aliphatic carbocycles. The van der Waals surface area contributed by atoms with Gasteiger partial charge in [-0.05, 0) is 35.4 Å². The Kier molecular flexibility index (Phi) is 2.96. The highest BCUT2D eigenvalue weighted by molar-refractivity contribution is 6.35. The molecule has 0 amide bonds. The molecule has 0 radical (unpaired) electrons. The summed E-state index contributed by atoms with van der Waals surface area (Å²) in [6.07, 6.45) is 0.293. The SMILES string of the molecule is CC1(C)CCc2c(Cl)cc(C(O)O)c(Cl)c21. The molecule has 0 fully saturated rings. The van der Waals surface area contributed by atoms with Crippen LogP contribution in [0.3, 0.4) is 0 Å². The van der Waals surface area contributed by atoms with E-state index in [-0.39, 0.29) is 5.41 Å². The topological polar surface area (TPSA) is 40.5 Å². The molecule has 2 rings (SSSR count). The first-order chi connectivity index (χ1) is 7.34. The van der Waals surface area contributed by atoms with Gasteiger partial charge in [-0.1, -0.05) is 37.0 Å². The van der Waals surface area contributed by atoms with E-state index < -0.39 is 6.29 Å². The van der Waals surface area contributed by atoms with E-state index in [9.17, 15) is 10.2 Å². The first kappa shape index (κ1) is 12.2. The van der Waals surface area contributed by atoms with Gasteiger partial charge in [0.2, 0.25) is 0 Å². The molecule has 1 aromatic carbocycles. The van der Waals surface area contributed by atoms with Gasteiger partial charge in [0.15, 0.2) is 6.29 Å². The molecule has 1 aromatic rings. The van der Waals surface area contributed by atoms with Gasteiger partial charge in [-0.2, -0.15) is 0 Å². The Morgan fingerprint density at radius 3 is 2.50 bits per heavy atom. The lowest BCUT2D eigenvalue weighted by atomic mass is 9.85. The van der Waals surface area contributed by atoms with Gasteiger partial charge in [0.05, 0.1) is 5.02 Å². The number of aliphatic hydroxyl groups is 2. The molecule has 0 saturated heterocycles. The fourth-order valence-corrected chi connectivity index (χ4v) is 3.21. The van der Waals surface area contributed by atoms with Crippen LogP contribution in [0.1, 0.15) is 43.2 Å². The number of fused-ring (bicyclic) bond motifs is 1. The van der Waals surface area contributed by atoms with Gasteiger partial charge in [0.25, 0.3) is 0 Å². The predicted molar refractivity (Wildman–Crippen MR) is 65.0 cm³/mol. The fourth-order valence-electron chi connectivity index (χ4n) is 2.38. The van der Waals surface area contributed by atoms with E-state index in [1.165, 1.54) is 0 Å². The van der Waals surface area contributed by atoms with E-state index in [1.54, 1.807) is 6.07 Å². The van der Waals surface area contributed by atoms with Gasteiger partial charge in [-0.15, -0.1) is 0 Å². The van der Waals surface area contributed by atoms with Crippen LogP contribution in [0.25, 0.3) is 0 Å². The van der Waals surface area contributed by atoms with E-state index in [0.29, 0.717) is 15.6 Å². The molecule has 1 aliphatic rings. The quantitative estimate of drug-likeness (QED) is 0.762. The van der Waals surface area contributed by atoms with Crippen molar-refractivity contribution in [3.05, 3.63) is 32.8 Å². The standard InChI is InChI=1S/C12H14Cl2O2/c1-12(2)4-3-6-8(13)5-7(11(15)16)10(14)9(6)12/h5,11,15-16H,3-4H2,1-2H3. The maximum Gasteiger partial charge on any atom is 0.179 e. The highest BCUT2D eigenvalue weighted by atomic mass is 35.5. The average molecular weight is 261 g/mol. The van der Waals surface area contributed by atoms with Gasteiger partial charge < -0.3 is 10.2 Å². The molecule has 0 heterocycles. The van der Waals surface area contributed by atoms with E-state index in [2.05, 4.69) is 13.8 Å². The molecular formula is C12H14Cl2O2. The Hall–Kier alpha value is -0.280. The van der Waals surface area contributed by atoms with Crippen LogP contribution >= 0.6 is 23.2 Å². The Labute approximate surface area is 105 Å². The number of rotatable bonds is 1. The van der Waals surface area contributed by atoms with Crippen LogP contribution in [0.5, 0.6) is 0 Å². The minimum atomic E-state index is -1.58. The molecule has 0 unspecified atom stereocenters. The third-order valence-electron chi connectivity index (χ3n) is 3.30. The fraction of sp³-hybridized carbons (Fsp3) is 0.500. The summed E-state index contributed by atoms with van der Waals surface area (Å²) >= 11 is 12.4. The molecule has 2 N–H and O–H groups in total. The van der Waals surface area contributed by atoms with Gasteiger partial charge in [0.1, 0.15) is 0 Å². The summed E-state index contributed by atoms with van der Waals surface area (Å²) in [7, 11) is 0. The zero-order chi connectivity index (χ0) is 12.1. The van der Waals surface area contributed by atoms with E-state index in [1.807, 2.05) is 0 Å². The zero-order valence-electron chi connectivity index (χ0n) is 9.22. The third-order valence-corrected chi connectivity index (χ3v) is 4.04. The zero-order valence-corrected chi connectivity index (χ0v) is 10.7. The van der Waals surface area contributed by atoms with Gasteiger partial charge in [0, 0.05) is 10.6 Å². The van der Waals surface area contributed by atoms with Crippen LogP contribution < -0.4 is 0 Å². The summed E-state index contributed by atoms with van der Waals surface area (Å²) in [6.45, 7) is 4.18. The molecule has 0 spiro atoms. The minimum Gasteiger partial charge on any atom is -0.364 e. The lowest BCUT2D eigenvalue weighted by molar-refractivity contribution is -0.0424. The van der Waals surface area contributed by atoms with Crippen molar-refractivity contribution in [1.29, 1.82) is 0 Å². The van der Waals surface area contributed by atoms with Crippen molar-refractivity contribution in [1.82, 2.24) is 0 Å². The molecule has 2 nitrogen and oxygen atoms in total. The molecular weight excluding hydrogens is 247 g/mol. The molecule has 0 saturated carbocycles. The average Bonchev–Trinajstić information content (AvgIpc) is 2.48. The maximum atomic E-state index is 9.24. The predicted octanol–water partition coefficient (Wildman–Crippen LogP) is 3.20. The van der Waals surface area contributed by atoms with Crippen molar-refractivity contribution in [2.45, 2.75) is 38.4 Å². The highest BCUT2D eigenvalue weighted by Crippen LogP contribution is 2.47. The van der Waals surface area contributed by atoms with Crippen molar-refractivity contribution in [2.75, 3.05) is 0 Å². The van der Waals surface area contributed by atoms with E-state index in [0.717, 1.165) is 24.0 Å². The molecule has 0 aromatic heterocycles. The van der Waals surface area contributed by atoms with Crippen molar-refractivity contribution < 1.29 is 10.2 Å². The summed E-state index contributed by atoms with van der Waals surface area (Å²) in [5, 5.41) is 19.5. The van der Waals surface area contributed by atoms with Crippen molar-refractivity contribution in [2.24, 2.45) is 0 Å². The van der Waals surface area contributed by atoms with Crippen molar-refractivity contribution in [3.63, 3.8) is 0 Å². The second kappa shape index (κ2) is 3.88. The Balaban J connectivity index is 2.72. The lowest BCUT2D eigenvalue weighted by Gasteiger charge is -2.22. The Morgan fingerprint density at radius 2 is 1.94 bits per heavy atom. The summed E-state index contributed by atoms with van der Waals surface area (Å²) in [5.41, 5.74) is 2.24. The second-order valence-electron chi connectivity index (χ2n) is 4.87. The van der Waals surface area contributed by atoms with Gasteiger partial charge >= 0.3 is 0 Å². The molecule has 4 heteroatoms. The molecule has 0 atom stereocenters. The van der Waals surface area contributed by atoms with Crippen molar-refractivity contribution >= 4 is 23.2 Å². The smallest absolute Gasteiger partial charge is 0.179 e. The summed E-state index contributed by atoms with van der Waals surface area (Å²) in [6, 6.07) is 1.55. The summed E-state index contributed by atoms with van der Waals surface area (Å²) < 4.78 is 0. The first-order valence-corrected chi connectivity index (χ1v) is 5.97. The molecule has 16 heavy (non-hydrogen) atoms. The molecule has 0 aliphatic heterocycles. The Bertz CT molecular complexity index is 439. The van der Waals surface area contributed by atoms with Crippen molar-refractivity contribution in [3.8, 4) is 0 Å². The van der Waals surface area contributed by atoms with Crippen LogP contribution in [-0.4, -0.2) is 10.2 Å². The van der Waals surface area contributed by atoms with Gasteiger partial charge in [-0.3, -0.25) is 0 Å². The second-order valence-corrected chi connectivity index (χ2v) is 5.66. The lowest BCUT2D eigenvalue weighted by Crippen LogP contribution is -2.14. The van der Waals surface area contributed by atoms with Crippen LogP contribution in [0, 0.1) is 0 Å². The molecule has 0 bridgehead atoms. The van der Waals surface area contributed by atoms with Gasteiger partial charge in [-0.25, -0.2) is 0 Å². The number of hydrogen-bond donors (Lipinski definition) is 2. The van der Waals surface area contributed by atoms with Crippen LogP contribution in [-0.2, 0) is 11.8 Å². The summed E-state index contributed by atoms with van der Waals surface area (Å²) in [5.74, 6) is 0. The largest absolute Gasteiger partial charge is 0.364 e. The van der Waals surface area contributed by atoms with E-state index >= 15 is 0 Å². The van der Waals surface area contributed by atoms with Crippen LogP contribution in [0.15, 0.2) is 6.07 Å². The third kappa shape index (κ3) is 1.74. The molecule has 88 valence electrons. The van der Waals surface area contributed by atoms with Crippen LogP contribution in [0.2, 0.25) is 10.0 Å². The highest BCUT2D eigenvalue weighted by Gasteiger charge is 2.35. The number of aliphatic hydroxyl groups excluding tert-OH is 1. The monoisotopic (exact) mass is 260 g/mol. The Morgan fingerprint density at radius 1 is 1.31 bits per heavy atom. The van der Waals surface area contributed by atoms with E-state index in [4.69, 9.17) is 23.2 Å². The number of halogens is 2. The summed E-state index contributed by atoms with van der Waals surface area (Å²) in [4.78, 5) is 0. The number of benzene rings is 1. The maximum absolute atomic E-state index is 9.24. The van der Waals surface area contributed by atoms with Crippen LogP contribution in [0.4, 0.5) is 0 Å². The first-order valence-electron chi connectivity index (χ1n) is 5.22.